The predicted molar refractivity (Wildman–Crippen MR) is 69.9 cm³/mol. The number of rotatable bonds is 2. The van der Waals surface area contributed by atoms with Crippen LogP contribution in [0.3, 0.4) is 0 Å². The molecule has 0 amide bonds. The molecule has 2 rings (SSSR count). The van der Waals surface area contributed by atoms with Crippen LogP contribution in [0.25, 0.3) is 0 Å². The largest absolute Gasteiger partial charge is 0.490 e. The van der Waals surface area contributed by atoms with Gasteiger partial charge in [-0.25, -0.2) is 4.98 Å². The summed E-state index contributed by atoms with van der Waals surface area (Å²) < 4.78 is 6.02. The number of hydrogen-bond acceptors (Lipinski definition) is 3. The second-order valence-corrected chi connectivity index (χ2v) is 6.07. The van der Waals surface area contributed by atoms with Crippen molar-refractivity contribution in [2.24, 2.45) is 11.3 Å². The zero-order valence-corrected chi connectivity index (χ0v) is 10.9. The predicted octanol–water partition coefficient (Wildman–Crippen LogP) is 3.26. The van der Waals surface area contributed by atoms with Crippen molar-refractivity contribution in [2.45, 2.75) is 46.1 Å². The maximum atomic E-state index is 6.02. The van der Waals surface area contributed by atoms with Gasteiger partial charge in [-0.1, -0.05) is 20.8 Å². The molecule has 1 aromatic rings. The maximum Gasteiger partial charge on any atom is 0.126 e. The molecular weight excluding hydrogens is 212 g/mol. The van der Waals surface area contributed by atoms with E-state index in [1.54, 1.807) is 12.3 Å². The van der Waals surface area contributed by atoms with Crippen molar-refractivity contribution in [2.75, 3.05) is 5.73 Å². The highest BCUT2D eigenvalue weighted by atomic mass is 16.5. The molecule has 17 heavy (non-hydrogen) atoms. The molecule has 3 heteroatoms. The fourth-order valence-corrected chi connectivity index (χ4v) is 3.04. The van der Waals surface area contributed by atoms with E-state index in [0.29, 0.717) is 17.3 Å². The molecule has 0 aliphatic heterocycles. The van der Waals surface area contributed by atoms with Gasteiger partial charge in [0.1, 0.15) is 11.6 Å². The number of aromatic nitrogens is 1. The quantitative estimate of drug-likeness (QED) is 0.854. The van der Waals surface area contributed by atoms with E-state index in [1.165, 1.54) is 6.42 Å². The lowest BCUT2D eigenvalue weighted by molar-refractivity contribution is 0.0562. The Morgan fingerprint density at radius 1 is 1.41 bits per heavy atom. The van der Waals surface area contributed by atoms with Crippen LogP contribution in [0.1, 0.15) is 40.0 Å². The number of anilines is 1. The lowest BCUT2D eigenvalue weighted by Gasteiger charge is -2.38. The Kier molecular flexibility index (Phi) is 3.27. The number of pyridine rings is 1. The monoisotopic (exact) mass is 234 g/mol. The highest BCUT2D eigenvalue weighted by molar-refractivity contribution is 5.35. The lowest BCUT2D eigenvalue weighted by atomic mass is 9.71. The van der Waals surface area contributed by atoms with Gasteiger partial charge in [0, 0.05) is 12.3 Å². The third kappa shape index (κ3) is 3.35. The minimum atomic E-state index is 0.301. The number of nitrogen functional groups attached to an aromatic ring is 1. The summed E-state index contributed by atoms with van der Waals surface area (Å²) in [4.78, 5) is 3.97. The molecule has 2 atom stereocenters. The van der Waals surface area contributed by atoms with Gasteiger partial charge < -0.3 is 10.5 Å². The van der Waals surface area contributed by atoms with E-state index in [0.717, 1.165) is 24.5 Å². The summed E-state index contributed by atoms with van der Waals surface area (Å²) in [5, 5.41) is 0. The molecule has 1 aliphatic carbocycles. The fraction of sp³-hybridized carbons (Fsp3) is 0.643. The lowest BCUT2D eigenvalue weighted by Crippen LogP contribution is -2.34. The first kappa shape index (κ1) is 12.2. The smallest absolute Gasteiger partial charge is 0.126 e. The molecule has 3 nitrogen and oxygen atoms in total. The summed E-state index contributed by atoms with van der Waals surface area (Å²) in [5.74, 6) is 2.08. The van der Waals surface area contributed by atoms with E-state index < -0.39 is 0 Å². The van der Waals surface area contributed by atoms with Gasteiger partial charge in [0.15, 0.2) is 0 Å². The Morgan fingerprint density at radius 3 is 2.82 bits per heavy atom. The molecule has 1 fully saturated rings. The zero-order chi connectivity index (χ0) is 12.5. The normalized spacial score (nSPS) is 27.7. The molecule has 1 heterocycles. The third-order valence-corrected chi connectivity index (χ3v) is 3.40. The van der Waals surface area contributed by atoms with Crippen LogP contribution in [0.15, 0.2) is 18.3 Å². The van der Waals surface area contributed by atoms with Crippen molar-refractivity contribution in [1.29, 1.82) is 0 Å². The molecule has 0 radical (unpaired) electrons. The Hall–Kier alpha value is -1.25. The van der Waals surface area contributed by atoms with Crippen molar-refractivity contribution in [1.82, 2.24) is 4.98 Å². The molecule has 2 N–H and O–H groups in total. The van der Waals surface area contributed by atoms with E-state index in [9.17, 15) is 0 Å². The van der Waals surface area contributed by atoms with E-state index in [4.69, 9.17) is 10.5 Å². The van der Waals surface area contributed by atoms with Crippen LogP contribution in [0.5, 0.6) is 5.75 Å². The van der Waals surface area contributed by atoms with Crippen molar-refractivity contribution >= 4 is 5.82 Å². The van der Waals surface area contributed by atoms with Crippen LogP contribution < -0.4 is 10.5 Å². The van der Waals surface area contributed by atoms with Crippen LogP contribution >= 0.6 is 0 Å². The van der Waals surface area contributed by atoms with Gasteiger partial charge in [-0.3, -0.25) is 0 Å². The minimum absolute atomic E-state index is 0.301. The second-order valence-electron chi connectivity index (χ2n) is 6.07. The van der Waals surface area contributed by atoms with Crippen molar-refractivity contribution in [3.63, 3.8) is 0 Å². The Bertz CT molecular complexity index is 390. The van der Waals surface area contributed by atoms with Crippen molar-refractivity contribution < 1.29 is 4.74 Å². The van der Waals surface area contributed by atoms with Crippen LogP contribution in [0.4, 0.5) is 5.82 Å². The first-order valence-corrected chi connectivity index (χ1v) is 6.33. The summed E-state index contributed by atoms with van der Waals surface area (Å²) in [6, 6.07) is 3.68. The maximum absolute atomic E-state index is 6.02. The standard InChI is InChI=1S/C14H22N2O/c1-10-6-12(9-14(2,3)8-10)17-11-4-5-16-13(15)7-11/h4-5,7,10,12H,6,8-9H2,1-3H3,(H2,15,16). The van der Waals surface area contributed by atoms with Gasteiger partial charge in [0.25, 0.3) is 0 Å². The SMILES string of the molecule is CC1CC(Oc2ccnc(N)c2)CC(C)(C)C1. The van der Waals surface area contributed by atoms with Gasteiger partial charge in [-0.05, 0) is 36.7 Å². The Morgan fingerprint density at radius 2 is 2.18 bits per heavy atom. The van der Waals surface area contributed by atoms with Crippen molar-refractivity contribution in [3.05, 3.63) is 18.3 Å². The summed E-state index contributed by atoms with van der Waals surface area (Å²) in [6.07, 6.45) is 5.52. The van der Waals surface area contributed by atoms with Gasteiger partial charge in [-0.2, -0.15) is 0 Å². The minimum Gasteiger partial charge on any atom is -0.490 e. The number of hydrogen-bond donors (Lipinski definition) is 1. The second kappa shape index (κ2) is 4.55. The summed E-state index contributed by atoms with van der Waals surface area (Å²) in [7, 11) is 0. The van der Waals surface area contributed by atoms with E-state index in [-0.39, 0.29) is 0 Å². The first-order chi connectivity index (χ1) is 7.94. The molecule has 94 valence electrons. The van der Waals surface area contributed by atoms with Crippen LogP contribution in [0, 0.1) is 11.3 Å². The summed E-state index contributed by atoms with van der Waals surface area (Å²) in [6.45, 7) is 6.94. The van der Waals surface area contributed by atoms with Gasteiger partial charge >= 0.3 is 0 Å². The molecule has 2 unspecified atom stereocenters. The summed E-state index contributed by atoms with van der Waals surface area (Å²) in [5.41, 5.74) is 6.03. The zero-order valence-electron chi connectivity index (χ0n) is 10.9. The summed E-state index contributed by atoms with van der Waals surface area (Å²) >= 11 is 0. The number of nitrogens with zero attached hydrogens (tertiary/aromatic N) is 1. The third-order valence-electron chi connectivity index (χ3n) is 3.40. The highest BCUT2D eigenvalue weighted by Crippen LogP contribution is 2.39. The topological polar surface area (TPSA) is 48.1 Å². The van der Waals surface area contributed by atoms with Gasteiger partial charge in [0.2, 0.25) is 0 Å². The van der Waals surface area contributed by atoms with Gasteiger partial charge in [0.05, 0.1) is 6.10 Å². The molecule has 0 bridgehead atoms. The van der Waals surface area contributed by atoms with Gasteiger partial charge in [-0.15, -0.1) is 0 Å². The van der Waals surface area contributed by atoms with E-state index in [1.807, 2.05) is 6.07 Å². The van der Waals surface area contributed by atoms with Crippen LogP contribution in [-0.4, -0.2) is 11.1 Å². The van der Waals surface area contributed by atoms with Crippen LogP contribution in [-0.2, 0) is 0 Å². The molecule has 1 aliphatic rings. The molecule has 0 aromatic carbocycles. The molecule has 1 saturated carbocycles. The van der Waals surface area contributed by atoms with E-state index >= 15 is 0 Å². The van der Waals surface area contributed by atoms with Crippen LogP contribution in [0.2, 0.25) is 0 Å². The molecule has 0 saturated heterocycles. The average Bonchev–Trinajstić information content (AvgIpc) is 2.13. The molecular formula is C14H22N2O. The molecule has 1 aromatic heterocycles. The Labute approximate surface area is 103 Å². The Balaban J connectivity index is 2.03. The number of ether oxygens (including phenoxy) is 1. The van der Waals surface area contributed by atoms with E-state index in [2.05, 4.69) is 25.8 Å². The first-order valence-electron chi connectivity index (χ1n) is 6.33. The molecule has 0 spiro atoms. The van der Waals surface area contributed by atoms with Crippen molar-refractivity contribution in [3.8, 4) is 5.75 Å². The number of nitrogens with two attached hydrogens (primary N) is 1. The average molecular weight is 234 g/mol. The fourth-order valence-electron chi connectivity index (χ4n) is 3.04. The highest BCUT2D eigenvalue weighted by Gasteiger charge is 2.33.